The molecule has 0 N–H and O–H groups in total. The lowest BCUT2D eigenvalue weighted by atomic mass is 10.1. The number of ether oxygens (including phenoxy) is 1. The molecule has 1 aromatic rings. The van der Waals surface area contributed by atoms with Crippen molar-refractivity contribution >= 4 is 5.70 Å². The third-order valence-electron chi connectivity index (χ3n) is 3.53. The van der Waals surface area contributed by atoms with Gasteiger partial charge in [0.15, 0.2) is 0 Å². The Balaban J connectivity index is 2.13. The highest BCUT2D eigenvalue weighted by molar-refractivity contribution is 5.63. The second-order valence-electron chi connectivity index (χ2n) is 4.53. The molecule has 0 amide bonds. The van der Waals surface area contributed by atoms with Gasteiger partial charge in [0, 0.05) is 12.1 Å². The van der Waals surface area contributed by atoms with Gasteiger partial charge < -0.3 is 9.64 Å². The van der Waals surface area contributed by atoms with Crippen LogP contribution in [0.2, 0.25) is 0 Å². The summed E-state index contributed by atoms with van der Waals surface area (Å²) in [5.41, 5.74) is 2.47. The summed E-state index contributed by atoms with van der Waals surface area (Å²) in [6.45, 7) is 8.97. The maximum Gasteiger partial charge on any atom is 0.203 e. The minimum Gasteiger partial charge on any atom is -0.377 e. The maximum atomic E-state index is 11.6. The molecular weight excluding hydrogens is 218 g/mol. The van der Waals surface area contributed by atoms with Crippen LogP contribution >= 0.6 is 0 Å². The molecule has 0 aliphatic carbocycles. The molecule has 90 valence electrons. The summed E-state index contributed by atoms with van der Waals surface area (Å²) in [5.74, 6) is 0. The first-order valence-electron chi connectivity index (χ1n) is 5.79. The fourth-order valence-corrected chi connectivity index (χ4v) is 2.59. The van der Waals surface area contributed by atoms with Crippen LogP contribution in [0.25, 0.3) is 5.70 Å². The zero-order valence-electron chi connectivity index (χ0n) is 9.85. The van der Waals surface area contributed by atoms with E-state index in [2.05, 4.69) is 16.6 Å². The summed E-state index contributed by atoms with van der Waals surface area (Å²) in [7, 11) is 0. The number of nitrogens with zero attached hydrogens (tertiary/aromatic N) is 3. The van der Waals surface area contributed by atoms with Crippen LogP contribution in [0.4, 0.5) is 0 Å². The van der Waals surface area contributed by atoms with Crippen molar-refractivity contribution < 1.29 is 4.74 Å². The van der Waals surface area contributed by atoms with Crippen LogP contribution in [0.15, 0.2) is 17.6 Å². The number of fused-ring (bicyclic) bond motifs is 2. The van der Waals surface area contributed by atoms with Crippen LogP contribution in [-0.4, -0.2) is 40.5 Å². The van der Waals surface area contributed by atoms with Crippen molar-refractivity contribution in [1.29, 1.82) is 0 Å². The Hall–Kier alpha value is -1.62. The Morgan fingerprint density at radius 2 is 2.41 bits per heavy atom. The Kier molecular flexibility index (Phi) is 2.29. The van der Waals surface area contributed by atoms with Crippen molar-refractivity contribution in [3.63, 3.8) is 0 Å². The van der Waals surface area contributed by atoms with E-state index in [1.165, 1.54) is 6.20 Å². The molecule has 1 aromatic heterocycles. The van der Waals surface area contributed by atoms with E-state index >= 15 is 0 Å². The third kappa shape index (κ3) is 1.50. The standard InChI is InChI=1S/C12H15N3O2/c1-8-11(16)5-13-15-6-10-7-17-4-3-14(10)9(2)12(8)15/h5,10H,2-4,6-7H2,1H3. The summed E-state index contributed by atoms with van der Waals surface area (Å²) in [6, 6.07) is 0.290. The fourth-order valence-electron chi connectivity index (χ4n) is 2.59. The largest absolute Gasteiger partial charge is 0.377 e. The first-order valence-corrected chi connectivity index (χ1v) is 5.79. The van der Waals surface area contributed by atoms with Gasteiger partial charge in [-0.15, -0.1) is 0 Å². The van der Waals surface area contributed by atoms with Crippen molar-refractivity contribution in [3.05, 3.63) is 34.3 Å². The molecule has 2 aliphatic rings. The summed E-state index contributed by atoms with van der Waals surface area (Å²) >= 11 is 0. The Bertz CT molecular complexity index is 535. The summed E-state index contributed by atoms with van der Waals surface area (Å²) in [6.07, 6.45) is 1.38. The van der Waals surface area contributed by atoms with Gasteiger partial charge in [-0.05, 0) is 6.92 Å². The Morgan fingerprint density at radius 3 is 3.24 bits per heavy atom. The number of hydrogen-bond donors (Lipinski definition) is 0. The zero-order chi connectivity index (χ0) is 12.0. The van der Waals surface area contributed by atoms with Gasteiger partial charge in [-0.1, -0.05) is 6.58 Å². The molecule has 0 radical (unpaired) electrons. The quantitative estimate of drug-likeness (QED) is 0.644. The minimum atomic E-state index is -0.0240. The van der Waals surface area contributed by atoms with Gasteiger partial charge in [0.05, 0.1) is 43.4 Å². The number of hydrogen-bond acceptors (Lipinski definition) is 4. The molecule has 5 nitrogen and oxygen atoms in total. The Morgan fingerprint density at radius 1 is 1.59 bits per heavy atom. The van der Waals surface area contributed by atoms with Crippen LogP contribution in [0, 0.1) is 6.92 Å². The summed E-state index contributed by atoms with van der Waals surface area (Å²) in [5, 5.41) is 4.18. The highest BCUT2D eigenvalue weighted by atomic mass is 16.5. The molecule has 1 atom stereocenters. The lowest BCUT2D eigenvalue weighted by Crippen LogP contribution is -2.50. The molecule has 1 saturated heterocycles. The molecule has 0 aromatic carbocycles. The smallest absolute Gasteiger partial charge is 0.203 e. The SMILES string of the molecule is C=C1c2c(C)c(=O)cnn2CC2COCCN12. The van der Waals surface area contributed by atoms with Gasteiger partial charge in [-0.25, -0.2) is 0 Å². The van der Waals surface area contributed by atoms with Crippen molar-refractivity contribution in [3.8, 4) is 0 Å². The minimum absolute atomic E-state index is 0.0240. The lowest BCUT2D eigenvalue weighted by Gasteiger charge is -2.43. The average molecular weight is 233 g/mol. The first-order chi connectivity index (χ1) is 8.18. The van der Waals surface area contributed by atoms with Gasteiger partial charge in [-0.2, -0.15) is 5.10 Å². The zero-order valence-corrected chi connectivity index (χ0v) is 9.85. The highest BCUT2D eigenvalue weighted by Gasteiger charge is 2.32. The number of morpholine rings is 1. The van der Waals surface area contributed by atoms with Crippen LogP contribution in [0.1, 0.15) is 11.3 Å². The summed E-state index contributed by atoms with van der Waals surface area (Å²) in [4.78, 5) is 13.9. The molecule has 1 fully saturated rings. The second-order valence-corrected chi connectivity index (χ2v) is 4.53. The lowest BCUT2D eigenvalue weighted by molar-refractivity contribution is 0.00831. The van der Waals surface area contributed by atoms with E-state index in [0.29, 0.717) is 6.61 Å². The molecule has 17 heavy (non-hydrogen) atoms. The molecular formula is C12H15N3O2. The van der Waals surface area contributed by atoms with Crippen LogP contribution < -0.4 is 5.43 Å². The highest BCUT2D eigenvalue weighted by Crippen LogP contribution is 2.28. The molecule has 1 unspecified atom stereocenters. The molecule has 3 rings (SSSR count). The van der Waals surface area contributed by atoms with Crippen molar-refractivity contribution in [2.24, 2.45) is 0 Å². The van der Waals surface area contributed by atoms with Gasteiger partial charge in [-0.3, -0.25) is 9.48 Å². The molecule has 0 spiro atoms. The maximum absolute atomic E-state index is 11.6. The predicted molar refractivity (Wildman–Crippen MR) is 63.6 cm³/mol. The van der Waals surface area contributed by atoms with Gasteiger partial charge in [0.1, 0.15) is 0 Å². The summed E-state index contributed by atoms with van der Waals surface area (Å²) < 4.78 is 7.34. The van der Waals surface area contributed by atoms with Crippen LogP contribution in [0.5, 0.6) is 0 Å². The molecule has 0 bridgehead atoms. The van der Waals surface area contributed by atoms with Gasteiger partial charge in [0.2, 0.25) is 5.43 Å². The van der Waals surface area contributed by atoms with Crippen molar-refractivity contribution in [2.75, 3.05) is 19.8 Å². The molecule has 2 aliphatic heterocycles. The van der Waals surface area contributed by atoms with Crippen LogP contribution in [0.3, 0.4) is 0 Å². The molecule has 5 heteroatoms. The Labute approximate surface area is 99.3 Å². The third-order valence-corrected chi connectivity index (χ3v) is 3.53. The van der Waals surface area contributed by atoms with Crippen LogP contribution in [-0.2, 0) is 11.3 Å². The van der Waals surface area contributed by atoms with E-state index in [0.717, 1.165) is 36.7 Å². The number of aromatic nitrogens is 2. The normalized spacial score (nSPS) is 23.2. The van der Waals surface area contributed by atoms with E-state index in [9.17, 15) is 4.79 Å². The molecule has 0 saturated carbocycles. The van der Waals surface area contributed by atoms with E-state index < -0.39 is 0 Å². The monoisotopic (exact) mass is 233 g/mol. The first kappa shape index (κ1) is 10.5. The predicted octanol–water partition coefficient (Wildman–Crippen LogP) is 0.237. The van der Waals surface area contributed by atoms with Gasteiger partial charge in [0.25, 0.3) is 0 Å². The van der Waals surface area contributed by atoms with E-state index in [-0.39, 0.29) is 11.5 Å². The van der Waals surface area contributed by atoms with E-state index in [1.807, 2.05) is 11.6 Å². The van der Waals surface area contributed by atoms with E-state index in [1.54, 1.807) is 0 Å². The van der Waals surface area contributed by atoms with Crippen molar-refractivity contribution in [1.82, 2.24) is 14.7 Å². The molecule has 3 heterocycles. The van der Waals surface area contributed by atoms with Gasteiger partial charge >= 0.3 is 0 Å². The second kappa shape index (κ2) is 3.70. The van der Waals surface area contributed by atoms with Crippen molar-refractivity contribution in [2.45, 2.75) is 19.5 Å². The topological polar surface area (TPSA) is 47.4 Å². The fraction of sp³-hybridized carbons (Fsp3) is 0.500. The number of rotatable bonds is 0. The van der Waals surface area contributed by atoms with E-state index in [4.69, 9.17) is 4.74 Å². The average Bonchev–Trinajstić information content (AvgIpc) is 2.34.